The highest BCUT2D eigenvalue weighted by molar-refractivity contribution is 7.85. The Morgan fingerprint density at radius 3 is 2.17 bits per heavy atom. The number of hydrogen-bond acceptors (Lipinski definition) is 2. The third-order valence-corrected chi connectivity index (χ3v) is 1.60. The van der Waals surface area contributed by atoms with Crippen molar-refractivity contribution in [3.05, 3.63) is 12.2 Å². The van der Waals surface area contributed by atoms with Crippen molar-refractivity contribution in [1.29, 1.82) is 0 Å². The zero-order valence-corrected chi connectivity index (χ0v) is 6.69. The first-order valence-corrected chi connectivity index (χ1v) is 4.51. The SMILES string of the molecule is O=S(=O)(O)CCC=CC(F)(F)F. The van der Waals surface area contributed by atoms with Gasteiger partial charge in [-0.1, -0.05) is 6.08 Å². The van der Waals surface area contributed by atoms with Crippen LogP contribution in [-0.2, 0) is 10.1 Å². The molecule has 0 spiro atoms. The molecule has 0 rings (SSSR count). The van der Waals surface area contributed by atoms with Gasteiger partial charge in [-0.25, -0.2) is 0 Å². The average molecular weight is 204 g/mol. The molecule has 0 heterocycles. The Hall–Kier alpha value is -0.560. The molecule has 72 valence electrons. The molecule has 0 aliphatic carbocycles. The van der Waals surface area contributed by atoms with Crippen molar-refractivity contribution in [3.8, 4) is 0 Å². The summed E-state index contributed by atoms with van der Waals surface area (Å²) in [5, 5.41) is 0. The molecule has 0 aliphatic rings. The summed E-state index contributed by atoms with van der Waals surface area (Å²) in [5.74, 6) is -0.695. The Morgan fingerprint density at radius 1 is 1.33 bits per heavy atom. The third-order valence-electron chi connectivity index (χ3n) is 0.849. The minimum absolute atomic E-state index is 0.0713. The molecule has 0 saturated heterocycles. The van der Waals surface area contributed by atoms with Crippen molar-refractivity contribution in [2.75, 3.05) is 5.75 Å². The van der Waals surface area contributed by atoms with Gasteiger partial charge in [0, 0.05) is 6.08 Å². The molecule has 0 aromatic rings. The van der Waals surface area contributed by atoms with Crippen LogP contribution in [0.3, 0.4) is 0 Å². The molecule has 12 heavy (non-hydrogen) atoms. The van der Waals surface area contributed by atoms with Crippen LogP contribution < -0.4 is 0 Å². The second-order valence-electron chi connectivity index (χ2n) is 2.02. The van der Waals surface area contributed by atoms with Crippen LogP contribution in [0.1, 0.15) is 6.42 Å². The summed E-state index contributed by atoms with van der Waals surface area (Å²) in [6.45, 7) is 0. The second-order valence-corrected chi connectivity index (χ2v) is 3.59. The molecule has 0 saturated carbocycles. The van der Waals surface area contributed by atoms with Crippen molar-refractivity contribution in [2.24, 2.45) is 0 Å². The first kappa shape index (κ1) is 11.4. The number of halogens is 3. The van der Waals surface area contributed by atoms with E-state index >= 15 is 0 Å². The maximum absolute atomic E-state index is 11.4. The first-order chi connectivity index (χ1) is 5.21. The molecule has 1 N–H and O–H groups in total. The van der Waals surface area contributed by atoms with Gasteiger partial charge >= 0.3 is 6.18 Å². The topological polar surface area (TPSA) is 54.4 Å². The molecule has 3 nitrogen and oxygen atoms in total. The maximum atomic E-state index is 11.4. The molecule has 0 aromatic heterocycles. The highest BCUT2D eigenvalue weighted by Crippen LogP contribution is 2.16. The van der Waals surface area contributed by atoms with Gasteiger partial charge in [0.2, 0.25) is 0 Å². The normalized spacial score (nSPS) is 14.0. The lowest BCUT2D eigenvalue weighted by Crippen LogP contribution is -2.04. The van der Waals surface area contributed by atoms with E-state index < -0.39 is 22.0 Å². The fourth-order valence-corrected chi connectivity index (χ4v) is 0.868. The highest BCUT2D eigenvalue weighted by Gasteiger charge is 2.21. The predicted molar refractivity (Wildman–Crippen MR) is 36.2 cm³/mol. The lowest BCUT2D eigenvalue weighted by Gasteiger charge is -1.96. The number of alkyl halides is 3. The van der Waals surface area contributed by atoms with Crippen LogP contribution >= 0.6 is 0 Å². The average Bonchev–Trinajstić information content (AvgIpc) is 1.76. The second kappa shape index (κ2) is 3.90. The molecular formula is C5H7F3O3S. The molecule has 0 bridgehead atoms. The van der Waals surface area contributed by atoms with Gasteiger partial charge in [-0.2, -0.15) is 21.6 Å². The maximum Gasteiger partial charge on any atom is 0.409 e. The number of rotatable bonds is 3. The molecule has 0 aliphatic heterocycles. The van der Waals surface area contributed by atoms with Gasteiger partial charge in [-0.15, -0.1) is 0 Å². The van der Waals surface area contributed by atoms with Crippen LogP contribution in [0.4, 0.5) is 13.2 Å². The van der Waals surface area contributed by atoms with Gasteiger partial charge in [0.05, 0.1) is 5.75 Å². The van der Waals surface area contributed by atoms with Gasteiger partial charge < -0.3 is 0 Å². The third kappa shape index (κ3) is 9.44. The Bertz CT molecular complexity index is 252. The summed E-state index contributed by atoms with van der Waals surface area (Å²) >= 11 is 0. The zero-order chi connectivity index (χ0) is 9.83. The Kier molecular flexibility index (Phi) is 3.72. The zero-order valence-electron chi connectivity index (χ0n) is 5.87. The Labute approximate surface area is 67.6 Å². The molecule has 0 aromatic carbocycles. The molecule has 0 amide bonds. The molecular weight excluding hydrogens is 197 g/mol. The predicted octanol–water partition coefficient (Wildman–Crippen LogP) is 1.38. The van der Waals surface area contributed by atoms with E-state index in [0.29, 0.717) is 6.08 Å². The first-order valence-electron chi connectivity index (χ1n) is 2.90. The van der Waals surface area contributed by atoms with Crippen molar-refractivity contribution in [1.82, 2.24) is 0 Å². The molecule has 0 fully saturated rings. The lowest BCUT2D eigenvalue weighted by molar-refractivity contribution is -0.0800. The van der Waals surface area contributed by atoms with Crippen LogP contribution in [0.2, 0.25) is 0 Å². The van der Waals surface area contributed by atoms with Crippen molar-refractivity contribution in [2.45, 2.75) is 12.6 Å². The van der Waals surface area contributed by atoms with Crippen LogP contribution in [0.15, 0.2) is 12.2 Å². The van der Waals surface area contributed by atoms with E-state index in [1.54, 1.807) is 0 Å². The van der Waals surface area contributed by atoms with Crippen LogP contribution in [0.25, 0.3) is 0 Å². The monoisotopic (exact) mass is 204 g/mol. The van der Waals surface area contributed by atoms with Crippen LogP contribution in [0.5, 0.6) is 0 Å². The largest absolute Gasteiger partial charge is 0.409 e. The van der Waals surface area contributed by atoms with Crippen molar-refractivity contribution < 1.29 is 26.1 Å². The minimum atomic E-state index is -4.43. The van der Waals surface area contributed by atoms with Crippen LogP contribution in [0, 0.1) is 0 Å². The summed E-state index contributed by atoms with van der Waals surface area (Å²) in [5.41, 5.74) is 0. The minimum Gasteiger partial charge on any atom is -0.286 e. The lowest BCUT2D eigenvalue weighted by atomic mass is 10.4. The van der Waals surface area contributed by atoms with Gasteiger partial charge in [0.25, 0.3) is 10.1 Å². The van der Waals surface area contributed by atoms with Crippen molar-refractivity contribution in [3.63, 3.8) is 0 Å². The summed E-state index contributed by atoms with van der Waals surface area (Å²) < 4.78 is 62.2. The summed E-state index contributed by atoms with van der Waals surface area (Å²) in [4.78, 5) is 0. The molecule has 0 atom stereocenters. The fourth-order valence-electron chi connectivity index (χ4n) is 0.434. The van der Waals surface area contributed by atoms with Gasteiger partial charge in [0.1, 0.15) is 0 Å². The standard InChI is InChI=1S/C5H7F3O3S/c6-5(7,8)3-1-2-4-12(9,10)11/h1,3H,2,4H2,(H,9,10,11). The number of allylic oxidation sites excluding steroid dienone is 2. The highest BCUT2D eigenvalue weighted by atomic mass is 32.2. The van der Waals surface area contributed by atoms with E-state index in [1.807, 2.05) is 0 Å². The van der Waals surface area contributed by atoms with Gasteiger partial charge in [0.15, 0.2) is 0 Å². The van der Waals surface area contributed by atoms with E-state index in [4.69, 9.17) is 4.55 Å². The molecule has 0 unspecified atom stereocenters. The van der Waals surface area contributed by atoms with Gasteiger partial charge in [-0.05, 0) is 6.42 Å². The summed E-state index contributed by atoms with van der Waals surface area (Å²) in [7, 11) is -4.16. The van der Waals surface area contributed by atoms with Crippen LogP contribution in [-0.4, -0.2) is 24.9 Å². The smallest absolute Gasteiger partial charge is 0.286 e. The quantitative estimate of drug-likeness (QED) is 0.558. The Morgan fingerprint density at radius 2 is 1.83 bits per heavy atom. The summed E-state index contributed by atoms with van der Waals surface area (Å²) in [6, 6.07) is 0. The van der Waals surface area contributed by atoms with E-state index in [0.717, 1.165) is 0 Å². The van der Waals surface area contributed by atoms with E-state index in [2.05, 4.69) is 0 Å². The number of hydrogen-bond donors (Lipinski definition) is 1. The van der Waals surface area contributed by atoms with E-state index in [9.17, 15) is 21.6 Å². The Balaban J connectivity index is 3.80. The molecule has 7 heteroatoms. The molecule has 0 radical (unpaired) electrons. The van der Waals surface area contributed by atoms with Crippen molar-refractivity contribution >= 4 is 10.1 Å². The van der Waals surface area contributed by atoms with E-state index in [-0.39, 0.29) is 12.5 Å². The van der Waals surface area contributed by atoms with E-state index in [1.165, 1.54) is 0 Å². The fraction of sp³-hybridized carbons (Fsp3) is 0.600. The van der Waals surface area contributed by atoms with Gasteiger partial charge in [-0.3, -0.25) is 4.55 Å². The summed E-state index contributed by atoms with van der Waals surface area (Å²) in [6.07, 6.45) is -4.20.